The van der Waals surface area contributed by atoms with Crippen molar-refractivity contribution in [2.75, 3.05) is 0 Å². The monoisotopic (exact) mass is 748 g/mol. The molecule has 11 rings (SSSR count). The number of aromatic nitrogens is 3. The SMILES string of the molecule is [2H]c1c([2H])c([2H])c(-c2c([2H])c([2H])c(-c3nc(-c4c([2H])c([2H])c([2H])c(-c5c([2H])c([2H])c([2H])c([2H])c5[2H])c4[2H])nc(-c4c([2H])c([2H])c5c(oc6c(-c7c([2H])c([2H])c([2H])c8c7oc7c([2H])c([2H])c([2H])c([2H])c78)c([2H])c([2H])c([2H])c65)c4[2H])n3)c([2H])c2[2H])c([2H])c1[2H]. The highest BCUT2D eigenvalue weighted by molar-refractivity contribution is 6.15. The maximum atomic E-state index is 9.73. The summed E-state index contributed by atoms with van der Waals surface area (Å²) in [7, 11) is 0. The molecule has 3 aromatic heterocycles. The van der Waals surface area contributed by atoms with Crippen LogP contribution >= 0.6 is 0 Å². The molecule has 262 valence electrons. The Kier molecular flexibility index (Phi) is 3.17. The van der Waals surface area contributed by atoms with Gasteiger partial charge >= 0.3 is 0 Å². The summed E-state index contributed by atoms with van der Waals surface area (Å²) in [6, 6.07) is -28.7. The molecule has 0 bridgehead atoms. The largest absolute Gasteiger partial charge is 0.455 e. The van der Waals surface area contributed by atoms with Crippen LogP contribution in [0.5, 0.6) is 0 Å². The molecule has 3 heterocycles. The molecule has 11 aromatic rings. The molecule has 5 nitrogen and oxygen atoms in total. The van der Waals surface area contributed by atoms with Gasteiger partial charge in [-0.25, -0.2) is 15.0 Å². The maximum absolute atomic E-state index is 9.73. The zero-order valence-electron chi connectivity index (χ0n) is 58.7. The molecule has 5 heteroatoms. The number of para-hydroxylation sites is 3. The lowest BCUT2D eigenvalue weighted by Crippen LogP contribution is -2.00. The molecule has 0 saturated carbocycles. The topological polar surface area (TPSA) is 65.0 Å². The van der Waals surface area contributed by atoms with Crippen molar-refractivity contribution in [3.8, 4) is 67.5 Å². The first-order valence-corrected chi connectivity index (χ1v) is 16.2. The van der Waals surface area contributed by atoms with Crippen molar-refractivity contribution in [2.45, 2.75) is 0 Å². The molecule has 0 fully saturated rings. The van der Waals surface area contributed by atoms with Gasteiger partial charge in [-0.05, 0) is 46.4 Å². The Labute approximate surface area is 365 Å². The third kappa shape index (κ3) is 5.45. The minimum atomic E-state index is -1.08. The van der Waals surface area contributed by atoms with Crippen LogP contribution in [0.2, 0.25) is 0 Å². The average Bonchev–Trinajstić information content (AvgIpc) is 1.95. The molecular formula is C51H31N3O2. The van der Waals surface area contributed by atoms with Crippen LogP contribution in [-0.4, -0.2) is 15.0 Å². The lowest BCUT2D eigenvalue weighted by Gasteiger charge is -2.10. The summed E-state index contributed by atoms with van der Waals surface area (Å²) in [6.07, 6.45) is 0. The molecule has 56 heavy (non-hydrogen) atoms. The minimum Gasteiger partial charge on any atom is -0.455 e. The first-order chi connectivity index (χ1) is 40.6. The third-order valence-electron chi connectivity index (χ3n) is 8.30. The van der Waals surface area contributed by atoms with E-state index in [0.29, 0.717) is 0 Å². The van der Waals surface area contributed by atoms with Gasteiger partial charge in [0.25, 0.3) is 0 Å². The fraction of sp³-hybridized carbons (Fsp3) is 0. The van der Waals surface area contributed by atoms with E-state index in [1.807, 2.05) is 0 Å². The number of furan rings is 2. The van der Waals surface area contributed by atoms with Gasteiger partial charge in [-0.15, -0.1) is 0 Å². The van der Waals surface area contributed by atoms with Crippen LogP contribution in [0.25, 0.3) is 111 Å². The van der Waals surface area contributed by atoms with Gasteiger partial charge < -0.3 is 8.83 Å². The Hall–Kier alpha value is -7.63. The quantitative estimate of drug-likeness (QED) is 0.169. The number of hydrogen-bond donors (Lipinski definition) is 0. The molecule has 0 aliphatic rings. The number of hydrogen-bond acceptors (Lipinski definition) is 5. The summed E-state index contributed by atoms with van der Waals surface area (Å²) in [4.78, 5) is 13.0. The van der Waals surface area contributed by atoms with Gasteiger partial charge in [-0.3, -0.25) is 0 Å². The Morgan fingerprint density at radius 3 is 1.41 bits per heavy atom. The predicted molar refractivity (Wildman–Crippen MR) is 227 cm³/mol. The van der Waals surface area contributed by atoms with Crippen LogP contribution in [0.15, 0.2) is 196 Å². The molecule has 8 aromatic carbocycles. The second-order valence-corrected chi connectivity index (χ2v) is 11.6. The second-order valence-electron chi connectivity index (χ2n) is 11.6. The molecule has 0 aliphatic carbocycles. The lowest BCUT2D eigenvalue weighted by molar-refractivity contribution is 0.665. The molecule has 0 spiro atoms. The number of rotatable bonds is 6. The second kappa shape index (κ2) is 13.0. The van der Waals surface area contributed by atoms with Crippen molar-refractivity contribution in [1.82, 2.24) is 15.0 Å². The predicted octanol–water partition coefficient (Wildman–Crippen LogP) is 13.7. The van der Waals surface area contributed by atoms with Crippen LogP contribution in [0.4, 0.5) is 0 Å². The van der Waals surface area contributed by atoms with Crippen molar-refractivity contribution >= 4 is 43.9 Å². The highest BCUT2D eigenvalue weighted by Crippen LogP contribution is 2.42. The van der Waals surface area contributed by atoms with Gasteiger partial charge in [0.1, 0.15) is 22.3 Å². The number of nitrogens with zero attached hydrogens (tertiary/aromatic N) is 3. The normalized spacial score (nSPS) is 19.3. The van der Waals surface area contributed by atoms with E-state index in [0.717, 1.165) is 0 Å². The van der Waals surface area contributed by atoms with Gasteiger partial charge in [0.15, 0.2) is 17.5 Å². The molecule has 0 radical (unpaired) electrons. The number of benzene rings is 8. The molecule has 0 saturated heterocycles. The summed E-state index contributed by atoms with van der Waals surface area (Å²) < 4.78 is 286. The first kappa shape index (κ1) is 13.6. The van der Waals surface area contributed by atoms with E-state index in [1.54, 1.807) is 0 Å². The molecular weight excluding hydrogens is 687 g/mol. The van der Waals surface area contributed by atoms with Crippen molar-refractivity contribution in [3.05, 3.63) is 187 Å². The van der Waals surface area contributed by atoms with Crippen molar-refractivity contribution in [1.29, 1.82) is 0 Å². The van der Waals surface area contributed by atoms with Crippen LogP contribution in [0.1, 0.15) is 42.5 Å². The van der Waals surface area contributed by atoms with Crippen LogP contribution < -0.4 is 0 Å². The Balaban J connectivity index is 1.27. The van der Waals surface area contributed by atoms with Gasteiger partial charge in [-0.2, -0.15) is 0 Å². The lowest BCUT2D eigenvalue weighted by atomic mass is 10.00. The van der Waals surface area contributed by atoms with Crippen LogP contribution in [-0.2, 0) is 0 Å². The Morgan fingerprint density at radius 1 is 0.304 bits per heavy atom. The third-order valence-corrected chi connectivity index (χ3v) is 8.30. The standard InChI is InChI=1S/C51H31N3O2/c1-3-12-32(13-4-1)34-24-26-35(27-25-34)49-52-50(37-17-9-16-36(30-37)33-14-5-2-6-15-33)54-51(53-49)38-28-29-40-42-20-11-22-44(48(42)56-46(40)31-38)43-21-10-19-41-39-18-7-8-23-45(39)55-47(41)43/h1-31H/i1D,2D,3D,4D,5D,6D,7D,8D,9D,10D,11D,12D,13D,14D,15D,16D,17D,18D,19D,20D,21D,22D,23D,24D,25D,26D,27D,28D,29D,30D,31D. The van der Waals surface area contributed by atoms with Crippen molar-refractivity contribution in [3.63, 3.8) is 0 Å². The Bertz CT molecular complexity index is 4990. The molecule has 0 amide bonds. The fourth-order valence-electron chi connectivity index (χ4n) is 5.80. The van der Waals surface area contributed by atoms with Crippen molar-refractivity contribution in [2.24, 2.45) is 0 Å². The summed E-state index contributed by atoms with van der Waals surface area (Å²) in [5, 5.41) is -1.94. The first-order valence-electron chi connectivity index (χ1n) is 31.7. The van der Waals surface area contributed by atoms with Crippen LogP contribution in [0, 0.1) is 0 Å². The van der Waals surface area contributed by atoms with Gasteiger partial charge in [0.2, 0.25) is 0 Å². The summed E-state index contributed by atoms with van der Waals surface area (Å²) in [5.74, 6) is -2.92. The van der Waals surface area contributed by atoms with E-state index < -0.39 is 293 Å². The van der Waals surface area contributed by atoms with Crippen molar-refractivity contribution < 1.29 is 51.3 Å². The van der Waals surface area contributed by atoms with Gasteiger partial charge in [0.05, 0.1) is 42.5 Å². The summed E-state index contributed by atoms with van der Waals surface area (Å²) in [5.41, 5.74) is -9.62. The molecule has 0 aliphatic heterocycles. The molecule has 0 unspecified atom stereocenters. The van der Waals surface area contributed by atoms with E-state index in [4.69, 9.17) is 41.7 Å². The Morgan fingerprint density at radius 2 is 0.732 bits per heavy atom. The maximum Gasteiger partial charge on any atom is 0.164 e. The highest BCUT2D eigenvalue weighted by Gasteiger charge is 2.19. The zero-order valence-corrected chi connectivity index (χ0v) is 27.7. The van der Waals surface area contributed by atoms with Crippen LogP contribution in [0.3, 0.4) is 0 Å². The average molecular weight is 749 g/mol. The van der Waals surface area contributed by atoms with E-state index in [-0.39, 0.29) is 5.39 Å². The zero-order chi connectivity index (χ0) is 64.0. The highest BCUT2D eigenvalue weighted by atomic mass is 16.3. The van der Waals surface area contributed by atoms with E-state index in [1.165, 1.54) is 0 Å². The summed E-state index contributed by atoms with van der Waals surface area (Å²) >= 11 is 0. The van der Waals surface area contributed by atoms with E-state index in [9.17, 15) is 9.60 Å². The summed E-state index contributed by atoms with van der Waals surface area (Å²) in [6.45, 7) is 0. The van der Waals surface area contributed by atoms with Gasteiger partial charge in [0, 0.05) is 49.4 Å². The van der Waals surface area contributed by atoms with E-state index >= 15 is 0 Å². The number of fused-ring (bicyclic) bond motifs is 6. The minimum absolute atomic E-state index is 0.388. The van der Waals surface area contributed by atoms with E-state index in [2.05, 4.69) is 15.0 Å². The molecule has 0 atom stereocenters. The molecule has 0 N–H and O–H groups in total. The smallest absolute Gasteiger partial charge is 0.164 e. The van der Waals surface area contributed by atoms with Gasteiger partial charge in [-0.1, -0.05) is 163 Å². The fourth-order valence-corrected chi connectivity index (χ4v) is 5.80.